The van der Waals surface area contributed by atoms with Gasteiger partial charge in [-0.25, -0.2) is 0 Å². The highest BCUT2D eigenvalue weighted by molar-refractivity contribution is 6.91. The van der Waals surface area contributed by atoms with E-state index in [2.05, 4.69) is 0 Å². The average Bonchev–Trinajstić information content (AvgIpc) is 1.91. The van der Waals surface area contributed by atoms with Crippen LogP contribution in [-0.4, -0.2) is 18.7 Å². The summed E-state index contributed by atoms with van der Waals surface area (Å²) >= 11 is 0. The Balaban J connectivity index is 2.65. The van der Waals surface area contributed by atoms with Gasteiger partial charge in [-0.3, -0.25) is 4.79 Å². The summed E-state index contributed by atoms with van der Waals surface area (Å²) in [4.78, 5) is 20.4. The van der Waals surface area contributed by atoms with Crippen molar-refractivity contribution >= 4 is 18.7 Å². The third-order valence-corrected chi connectivity index (χ3v) is 0.976. The summed E-state index contributed by atoms with van der Waals surface area (Å²) in [5, 5.41) is 0. The van der Waals surface area contributed by atoms with Crippen molar-refractivity contribution in [2.75, 3.05) is 0 Å². The molecule has 1 aliphatic rings. The van der Waals surface area contributed by atoms with Crippen LogP contribution in [-0.2, 0) is 9.59 Å². The predicted octanol–water partition coefficient (Wildman–Crippen LogP) is -0.392. The third kappa shape index (κ3) is 0.708. The zero-order chi connectivity index (χ0) is 5.28. The van der Waals surface area contributed by atoms with Crippen molar-refractivity contribution in [3.63, 3.8) is 0 Å². The van der Waals surface area contributed by atoms with E-state index < -0.39 is 0 Å². The van der Waals surface area contributed by atoms with E-state index in [-0.39, 0.29) is 11.5 Å². The highest BCUT2D eigenvalue weighted by Gasteiger charge is 2.20. The summed E-state index contributed by atoms with van der Waals surface area (Å²) in [5.41, 5.74) is -0.306. The Bertz CT molecular complexity index is 105. The van der Waals surface area contributed by atoms with Crippen molar-refractivity contribution < 1.29 is 9.59 Å². The van der Waals surface area contributed by atoms with Crippen LogP contribution < -0.4 is 0 Å². The first-order valence-electron chi connectivity index (χ1n) is 2.21. The lowest BCUT2D eigenvalue weighted by Crippen LogP contribution is -2.08. The fraction of sp³-hybridized carbons (Fsp3) is 0.500. The van der Waals surface area contributed by atoms with Crippen molar-refractivity contribution in [3.8, 4) is 0 Å². The second-order valence-corrected chi connectivity index (χ2v) is 1.53. The molecule has 0 aromatic rings. The molecule has 7 heavy (non-hydrogen) atoms. The Morgan fingerprint density at radius 1 is 1.43 bits per heavy atom. The van der Waals surface area contributed by atoms with E-state index in [4.69, 9.17) is 0 Å². The first-order valence-corrected chi connectivity index (χ1v) is 2.21. The van der Waals surface area contributed by atoms with Crippen LogP contribution in [0.25, 0.3) is 0 Å². The normalized spacial score (nSPS) is 20.0. The lowest BCUT2D eigenvalue weighted by atomic mass is 9.76. The topological polar surface area (TPSA) is 34.1 Å². The van der Waals surface area contributed by atoms with Crippen LogP contribution in [0.2, 0.25) is 6.32 Å². The van der Waals surface area contributed by atoms with Crippen LogP contribution in [0.3, 0.4) is 0 Å². The van der Waals surface area contributed by atoms with Crippen LogP contribution in [0.5, 0.6) is 0 Å². The maximum absolute atomic E-state index is 10.2. The molecule has 0 spiro atoms. The average molecular weight is 94.9 g/mol. The van der Waals surface area contributed by atoms with Crippen molar-refractivity contribution in [1.29, 1.82) is 0 Å². The van der Waals surface area contributed by atoms with Crippen LogP contribution in [0.4, 0.5) is 0 Å². The van der Waals surface area contributed by atoms with E-state index >= 15 is 0 Å². The summed E-state index contributed by atoms with van der Waals surface area (Å²) in [6, 6.07) is 0. The lowest BCUT2D eigenvalue weighted by molar-refractivity contribution is -0.131. The maximum atomic E-state index is 10.2. The van der Waals surface area contributed by atoms with Gasteiger partial charge < -0.3 is 4.79 Å². The Morgan fingerprint density at radius 3 is 2.29 bits per heavy atom. The van der Waals surface area contributed by atoms with E-state index in [0.717, 1.165) is 0 Å². The zero-order valence-corrected chi connectivity index (χ0v) is 3.81. The Morgan fingerprint density at radius 2 is 2.14 bits per heavy atom. The molecule has 0 aliphatic carbocycles. The molecule has 0 aromatic heterocycles. The first kappa shape index (κ1) is 4.56. The van der Waals surface area contributed by atoms with Gasteiger partial charge in [0.2, 0.25) is 7.28 Å². The molecule has 1 aliphatic heterocycles. The summed E-state index contributed by atoms with van der Waals surface area (Å²) in [6.45, 7) is 0. The van der Waals surface area contributed by atoms with Gasteiger partial charge in [-0.2, -0.15) is 0 Å². The van der Waals surface area contributed by atoms with Crippen LogP contribution in [0.15, 0.2) is 0 Å². The van der Waals surface area contributed by atoms with E-state index in [1.807, 2.05) is 0 Å². The summed E-state index contributed by atoms with van der Waals surface area (Å²) in [5.74, 6) is -0.236. The second-order valence-electron chi connectivity index (χ2n) is 1.53. The standard InChI is InChI=1S/C4H4BO2/c6-3-1-2-5-4(3)7/h1-2H2. The summed E-state index contributed by atoms with van der Waals surface area (Å²) in [6.07, 6.45) is 1.08. The number of hydrogen-bond acceptors (Lipinski definition) is 2. The fourth-order valence-corrected chi connectivity index (χ4v) is 0.571. The monoisotopic (exact) mass is 95.0 g/mol. The van der Waals surface area contributed by atoms with Gasteiger partial charge in [0.05, 0.1) is 0 Å². The molecule has 1 radical (unpaired) electrons. The minimum atomic E-state index is -0.306. The van der Waals surface area contributed by atoms with Gasteiger partial charge in [0.25, 0.3) is 0 Å². The quantitative estimate of drug-likeness (QED) is 0.303. The molecule has 0 saturated carbocycles. The maximum Gasteiger partial charge on any atom is 0.213 e. The Labute approximate surface area is 42.1 Å². The van der Waals surface area contributed by atoms with Crippen LogP contribution in [0, 0.1) is 0 Å². The van der Waals surface area contributed by atoms with E-state index in [1.54, 1.807) is 0 Å². The number of carbonyl (C=O) groups is 2. The fourth-order valence-electron chi connectivity index (χ4n) is 0.571. The van der Waals surface area contributed by atoms with Gasteiger partial charge in [-0.05, 0) is 0 Å². The van der Waals surface area contributed by atoms with Gasteiger partial charge in [-0.1, -0.05) is 6.32 Å². The number of carbonyl (C=O) groups excluding carboxylic acids is 2. The van der Waals surface area contributed by atoms with Gasteiger partial charge in [-0.15, -0.1) is 0 Å². The van der Waals surface area contributed by atoms with E-state index in [0.29, 0.717) is 12.7 Å². The number of rotatable bonds is 0. The molecule has 0 aromatic carbocycles. The molecular weight excluding hydrogens is 90.9 g/mol. The van der Waals surface area contributed by atoms with Gasteiger partial charge in [0, 0.05) is 6.42 Å². The number of ketones is 1. The summed E-state index contributed by atoms with van der Waals surface area (Å²) in [7, 11) is 1.43. The highest BCUT2D eigenvalue weighted by atomic mass is 16.2. The lowest BCUT2D eigenvalue weighted by Gasteiger charge is -1.73. The number of hydrogen-bond donors (Lipinski definition) is 0. The van der Waals surface area contributed by atoms with Crippen LogP contribution in [0.1, 0.15) is 6.42 Å². The molecule has 1 heterocycles. The molecule has 0 atom stereocenters. The molecule has 1 fully saturated rings. The Hall–Kier alpha value is -0.595. The smallest absolute Gasteiger partial charge is 0.213 e. The molecule has 0 amide bonds. The minimum Gasteiger partial charge on any atom is -0.303 e. The molecule has 0 bridgehead atoms. The van der Waals surface area contributed by atoms with Gasteiger partial charge in [0.1, 0.15) is 5.68 Å². The van der Waals surface area contributed by atoms with Crippen LogP contribution >= 0.6 is 0 Å². The largest absolute Gasteiger partial charge is 0.303 e. The van der Waals surface area contributed by atoms with Crippen molar-refractivity contribution in [1.82, 2.24) is 0 Å². The minimum absolute atomic E-state index is 0.236. The molecule has 0 N–H and O–H groups in total. The SMILES string of the molecule is O=C1[B]CCC1=O. The molecule has 2 nitrogen and oxygen atoms in total. The zero-order valence-electron chi connectivity index (χ0n) is 3.81. The molecule has 3 heteroatoms. The molecular formula is C4H4BO2. The van der Waals surface area contributed by atoms with Crippen molar-refractivity contribution in [2.24, 2.45) is 0 Å². The predicted molar refractivity (Wildman–Crippen MR) is 25.2 cm³/mol. The van der Waals surface area contributed by atoms with Crippen molar-refractivity contribution in [2.45, 2.75) is 12.7 Å². The Kier molecular flexibility index (Phi) is 0.967. The van der Waals surface area contributed by atoms with Gasteiger partial charge in [0.15, 0.2) is 5.78 Å². The van der Waals surface area contributed by atoms with E-state index in [9.17, 15) is 9.59 Å². The highest BCUT2D eigenvalue weighted by Crippen LogP contribution is 2.00. The summed E-state index contributed by atoms with van der Waals surface area (Å²) < 4.78 is 0. The number of Topliss-reactive ketones (excluding diaryl/α,β-unsaturated/α-hetero) is 1. The van der Waals surface area contributed by atoms with Crippen molar-refractivity contribution in [3.05, 3.63) is 0 Å². The molecule has 1 rings (SSSR count). The first-order chi connectivity index (χ1) is 3.30. The third-order valence-electron chi connectivity index (χ3n) is 0.976. The molecule has 0 unspecified atom stereocenters. The molecule has 1 saturated heterocycles. The van der Waals surface area contributed by atoms with E-state index in [1.165, 1.54) is 7.28 Å². The molecule has 35 valence electrons. The second kappa shape index (κ2) is 1.48. The van der Waals surface area contributed by atoms with Gasteiger partial charge >= 0.3 is 0 Å².